The van der Waals surface area contributed by atoms with Crippen LogP contribution in [0.1, 0.15) is 5.89 Å². The van der Waals surface area contributed by atoms with E-state index < -0.39 is 27.3 Å². The summed E-state index contributed by atoms with van der Waals surface area (Å²) in [5.74, 6) is -2.01. The molecule has 0 aliphatic heterocycles. The molecular formula is C11H12N2O5S. The molecule has 0 saturated carbocycles. The van der Waals surface area contributed by atoms with Crippen LogP contribution < -0.4 is 5.73 Å². The summed E-state index contributed by atoms with van der Waals surface area (Å²) in [5.41, 5.74) is 6.90. The number of rotatable bonds is 4. The normalized spacial score (nSPS) is 11.6. The van der Waals surface area contributed by atoms with Crippen LogP contribution in [0, 0.1) is 0 Å². The maximum Gasteiger partial charge on any atom is 0.320 e. The summed E-state index contributed by atoms with van der Waals surface area (Å²) in [6, 6.07) is 4.95. The van der Waals surface area contributed by atoms with Crippen LogP contribution in [0.4, 0.5) is 5.69 Å². The Kier molecular flexibility index (Phi) is 3.43. The lowest BCUT2D eigenvalue weighted by Crippen LogP contribution is -2.18. The molecule has 8 heteroatoms. The number of hydrogen-bond donors (Lipinski definition) is 1. The Balaban J connectivity index is 2.26. The molecule has 1 aromatic heterocycles. The SMILES string of the molecule is COC(=O)CS(=O)(=O)Cc1nc2c(N)cccc2o1. The molecule has 0 spiro atoms. The van der Waals surface area contributed by atoms with Crippen LogP contribution in [0.25, 0.3) is 11.1 Å². The number of nitrogens with zero attached hydrogens (tertiary/aromatic N) is 1. The molecule has 0 radical (unpaired) electrons. The van der Waals surface area contributed by atoms with E-state index in [0.29, 0.717) is 16.8 Å². The number of nitrogens with two attached hydrogens (primary N) is 1. The van der Waals surface area contributed by atoms with Crippen LogP contribution >= 0.6 is 0 Å². The van der Waals surface area contributed by atoms with Gasteiger partial charge in [0.15, 0.2) is 15.4 Å². The number of anilines is 1. The number of ether oxygens (including phenoxy) is 1. The van der Waals surface area contributed by atoms with E-state index in [2.05, 4.69) is 9.72 Å². The zero-order valence-electron chi connectivity index (χ0n) is 10.1. The van der Waals surface area contributed by atoms with Crippen molar-refractivity contribution >= 4 is 32.6 Å². The summed E-state index contributed by atoms with van der Waals surface area (Å²) in [5, 5.41) is 0. The van der Waals surface area contributed by atoms with Gasteiger partial charge in [0.25, 0.3) is 0 Å². The number of sulfone groups is 1. The van der Waals surface area contributed by atoms with E-state index in [1.807, 2.05) is 0 Å². The van der Waals surface area contributed by atoms with Gasteiger partial charge in [-0.2, -0.15) is 0 Å². The Morgan fingerprint density at radius 1 is 1.47 bits per heavy atom. The Morgan fingerprint density at radius 3 is 2.84 bits per heavy atom. The molecule has 102 valence electrons. The summed E-state index contributed by atoms with van der Waals surface area (Å²) in [6.45, 7) is 0. The van der Waals surface area contributed by atoms with Gasteiger partial charge in [0.05, 0.1) is 12.8 Å². The molecule has 0 fully saturated rings. The van der Waals surface area contributed by atoms with Gasteiger partial charge in [-0.1, -0.05) is 6.07 Å². The number of fused-ring (bicyclic) bond motifs is 1. The minimum absolute atomic E-state index is 0.00296. The Bertz CT molecular complexity index is 720. The van der Waals surface area contributed by atoms with Crippen LogP contribution in [0.3, 0.4) is 0 Å². The van der Waals surface area contributed by atoms with Gasteiger partial charge >= 0.3 is 5.97 Å². The van der Waals surface area contributed by atoms with Gasteiger partial charge in [0, 0.05) is 0 Å². The van der Waals surface area contributed by atoms with Crippen molar-refractivity contribution in [2.45, 2.75) is 5.75 Å². The van der Waals surface area contributed by atoms with Gasteiger partial charge < -0.3 is 14.9 Å². The second-order valence-electron chi connectivity index (χ2n) is 3.91. The number of hydrogen-bond acceptors (Lipinski definition) is 7. The standard InChI is InChI=1S/C11H12N2O5S/c1-17-10(14)6-19(15,16)5-9-13-11-7(12)3-2-4-8(11)18-9/h2-4H,5-6,12H2,1H3. The lowest BCUT2D eigenvalue weighted by atomic mass is 10.3. The van der Waals surface area contributed by atoms with Gasteiger partial charge in [-0.25, -0.2) is 13.4 Å². The third-order valence-electron chi connectivity index (χ3n) is 2.40. The van der Waals surface area contributed by atoms with Crippen molar-refractivity contribution in [1.29, 1.82) is 0 Å². The van der Waals surface area contributed by atoms with E-state index in [-0.39, 0.29) is 5.89 Å². The summed E-state index contributed by atoms with van der Waals surface area (Å²) < 4.78 is 33.0. The number of carbonyl (C=O) groups is 1. The van der Waals surface area contributed by atoms with Gasteiger partial charge in [-0.05, 0) is 12.1 Å². The Hall–Kier alpha value is -2.09. The van der Waals surface area contributed by atoms with E-state index in [1.54, 1.807) is 18.2 Å². The number of aromatic nitrogens is 1. The average molecular weight is 284 g/mol. The highest BCUT2D eigenvalue weighted by Gasteiger charge is 2.21. The molecule has 0 aliphatic rings. The fraction of sp³-hybridized carbons (Fsp3) is 0.273. The number of esters is 1. The second-order valence-corrected chi connectivity index (χ2v) is 5.97. The molecule has 2 rings (SSSR count). The van der Waals surface area contributed by atoms with Gasteiger partial charge in [0.2, 0.25) is 5.89 Å². The predicted molar refractivity (Wildman–Crippen MR) is 67.9 cm³/mol. The first-order valence-corrected chi connectivity index (χ1v) is 7.14. The number of oxazole rings is 1. The summed E-state index contributed by atoms with van der Waals surface area (Å²) >= 11 is 0. The van der Waals surface area contributed by atoms with Crippen LogP contribution in [-0.4, -0.2) is 32.2 Å². The molecule has 7 nitrogen and oxygen atoms in total. The molecule has 0 aliphatic carbocycles. The number of benzene rings is 1. The molecule has 0 amide bonds. The lowest BCUT2D eigenvalue weighted by Gasteiger charge is -1.99. The molecule has 0 bridgehead atoms. The molecule has 0 unspecified atom stereocenters. The van der Waals surface area contributed by atoms with Gasteiger partial charge in [0.1, 0.15) is 17.0 Å². The second kappa shape index (κ2) is 4.88. The highest BCUT2D eigenvalue weighted by molar-refractivity contribution is 7.91. The van der Waals surface area contributed by atoms with Crippen LogP contribution in [0.15, 0.2) is 22.6 Å². The predicted octanol–water partition coefficient (Wildman–Crippen LogP) is 0.498. The summed E-state index contributed by atoms with van der Waals surface area (Å²) in [4.78, 5) is 15.0. The topological polar surface area (TPSA) is 112 Å². The smallest absolute Gasteiger partial charge is 0.320 e. The highest BCUT2D eigenvalue weighted by atomic mass is 32.2. The van der Waals surface area contributed by atoms with Gasteiger partial charge in [-0.3, -0.25) is 4.79 Å². The summed E-state index contributed by atoms with van der Waals surface area (Å²) in [6.07, 6.45) is 0. The first kappa shape index (κ1) is 13.3. The van der Waals surface area contributed by atoms with E-state index >= 15 is 0 Å². The largest absolute Gasteiger partial charge is 0.468 e. The lowest BCUT2D eigenvalue weighted by molar-refractivity contribution is -0.137. The minimum atomic E-state index is -3.68. The Morgan fingerprint density at radius 2 is 2.21 bits per heavy atom. The number of para-hydroxylation sites is 1. The highest BCUT2D eigenvalue weighted by Crippen LogP contribution is 2.22. The van der Waals surface area contributed by atoms with Crippen LogP contribution in [-0.2, 0) is 25.1 Å². The van der Waals surface area contributed by atoms with Crippen LogP contribution in [0.2, 0.25) is 0 Å². The van der Waals surface area contributed by atoms with Crippen molar-refractivity contribution in [2.24, 2.45) is 0 Å². The molecule has 2 N–H and O–H groups in total. The molecule has 19 heavy (non-hydrogen) atoms. The third-order valence-corrected chi connectivity index (χ3v) is 3.77. The quantitative estimate of drug-likeness (QED) is 0.642. The van der Waals surface area contributed by atoms with Gasteiger partial charge in [-0.15, -0.1) is 0 Å². The average Bonchev–Trinajstić information content (AvgIpc) is 2.71. The van der Waals surface area contributed by atoms with E-state index in [1.165, 1.54) is 0 Å². The molecule has 0 atom stereocenters. The van der Waals surface area contributed by atoms with E-state index in [4.69, 9.17) is 10.2 Å². The first-order chi connectivity index (χ1) is 8.91. The zero-order valence-corrected chi connectivity index (χ0v) is 10.9. The van der Waals surface area contributed by atoms with Crippen molar-refractivity contribution in [2.75, 3.05) is 18.6 Å². The van der Waals surface area contributed by atoms with Crippen molar-refractivity contribution < 1.29 is 22.4 Å². The molecule has 1 heterocycles. The number of nitrogen functional groups attached to an aromatic ring is 1. The Labute approximate surface area is 109 Å². The fourth-order valence-electron chi connectivity index (χ4n) is 1.56. The van der Waals surface area contributed by atoms with Crippen LogP contribution in [0.5, 0.6) is 0 Å². The molecule has 1 aromatic carbocycles. The first-order valence-electron chi connectivity index (χ1n) is 5.32. The fourth-order valence-corrected chi connectivity index (χ4v) is 2.63. The minimum Gasteiger partial charge on any atom is -0.468 e. The van der Waals surface area contributed by atoms with Crippen molar-refractivity contribution in [1.82, 2.24) is 4.98 Å². The summed E-state index contributed by atoms with van der Waals surface area (Å²) in [7, 11) is -2.56. The molecular weight excluding hydrogens is 272 g/mol. The maximum absolute atomic E-state index is 11.7. The van der Waals surface area contributed by atoms with E-state index in [0.717, 1.165) is 7.11 Å². The maximum atomic E-state index is 11.7. The monoisotopic (exact) mass is 284 g/mol. The zero-order chi connectivity index (χ0) is 14.0. The number of carbonyl (C=O) groups excluding carboxylic acids is 1. The van der Waals surface area contributed by atoms with E-state index in [9.17, 15) is 13.2 Å². The van der Waals surface area contributed by atoms with Crippen molar-refractivity contribution in [3.05, 3.63) is 24.1 Å². The van der Waals surface area contributed by atoms with Crippen molar-refractivity contribution in [3.8, 4) is 0 Å². The molecule has 2 aromatic rings. The molecule has 0 saturated heterocycles. The number of methoxy groups -OCH3 is 1. The van der Waals surface area contributed by atoms with Crippen molar-refractivity contribution in [3.63, 3.8) is 0 Å². The third kappa shape index (κ3) is 3.02.